The predicted molar refractivity (Wildman–Crippen MR) is 183 cm³/mol. The molecule has 4 aromatic carbocycles. The molecule has 0 aromatic heterocycles. The molecule has 2 atom stereocenters. The van der Waals surface area contributed by atoms with E-state index >= 15 is 0 Å². The van der Waals surface area contributed by atoms with Crippen LogP contribution in [0.4, 0.5) is 8.78 Å². The number of rotatable bonds is 14. The van der Waals surface area contributed by atoms with Gasteiger partial charge in [-0.1, -0.05) is 62.4 Å². The van der Waals surface area contributed by atoms with Crippen molar-refractivity contribution in [2.45, 2.75) is 71.2 Å². The third-order valence-electron chi connectivity index (χ3n) is 7.72. The van der Waals surface area contributed by atoms with Crippen molar-refractivity contribution in [2.75, 3.05) is 6.54 Å². The Morgan fingerprint density at radius 1 is 0.911 bits per heavy atom. The van der Waals surface area contributed by atoms with Gasteiger partial charge in [-0.2, -0.15) is 0 Å². The van der Waals surface area contributed by atoms with Gasteiger partial charge in [0.25, 0.3) is 0 Å². The normalized spacial score (nSPS) is 12.9. The third kappa shape index (κ3) is 10.3. The van der Waals surface area contributed by atoms with Gasteiger partial charge >= 0.3 is 0 Å². The first-order valence-electron chi connectivity index (χ1n) is 15.1. The van der Waals surface area contributed by atoms with Gasteiger partial charge in [-0.15, -0.1) is 0 Å². The molecular weight excluding hydrogens is 685 g/mol. The highest BCUT2D eigenvalue weighted by Gasteiger charge is 2.31. The average molecular weight is 727 g/mol. The Hall–Kier alpha value is -3.34. The Balaban J connectivity index is 1.50. The summed E-state index contributed by atoms with van der Waals surface area (Å²) in [5, 5.41) is 17.4. The standard InChI is InChI=1S/C37H41F2IN2O3/c1-24-13-25(2)36(34(14-24)45-23-26-9-6-5-7-10-26)37(3,4)20-35(44)42-32(18-28-15-29(38)19-30(39)16-28)33(43)22-41-21-27-11-8-12-31(40)17-27/h5-17,19,32-33,41,43H,18,20-23H2,1-4H3,(H,42,44)/t32-,33+/m0/s1. The van der Waals surface area contributed by atoms with Gasteiger partial charge in [0.2, 0.25) is 5.91 Å². The Kier molecular flexibility index (Phi) is 12.1. The molecule has 0 radical (unpaired) electrons. The van der Waals surface area contributed by atoms with Crippen molar-refractivity contribution in [2.24, 2.45) is 0 Å². The van der Waals surface area contributed by atoms with Crippen molar-refractivity contribution < 1.29 is 23.4 Å². The number of amides is 1. The first-order chi connectivity index (χ1) is 21.4. The lowest BCUT2D eigenvalue weighted by Gasteiger charge is -2.31. The average Bonchev–Trinajstić information content (AvgIpc) is 2.95. The van der Waals surface area contributed by atoms with Crippen molar-refractivity contribution in [1.29, 1.82) is 0 Å². The van der Waals surface area contributed by atoms with E-state index in [-0.39, 0.29) is 25.3 Å². The zero-order valence-electron chi connectivity index (χ0n) is 26.2. The van der Waals surface area contributed by atoms with Crippen LogP contribution in [0.5, 0.6) is 5.75 Å². The van der Waals surface area contributed by atoms with Crippen molar-refractivity contribution in [3.8, 4) is 5.75 Å². The molecule has 0 saturated heterocycles. The van der Waals surface area contributed by atoms with E-state index in [2.05, 4.69) is 39.3 Å². The quantitative estimate of drug-likeness (QED) is 0.119. The van der Waals surface area contributed by atoms with Gasteiger partial charge in [0.15, 0.2) is 0 Å². The fraction of sp³-hybridized carbons (Fsp3) is 0.324. The number of carbonyl (C=O) groups is 1. The maximum atomic E-state index is 14.0. The zero-order chi connectivity index (χ0) is 32.6. The molecule has 0 saturated carbocycles. The van der Waals surface area contributed by atoms with Crippen LogP contribution in [0.15, 0.2) is 84.9 Å². The Bertz CT molecular complexity index is 1580. The van der Waals surface area contributed by atoms with E-state index in [1.165, 1.54) is 12.1 Å². The molecule has 0 unspecified atom stereocenters. The lowest BCUT2D eigenvalue weighted by molar-refractivity contribution is -0.123. The van der Waals surface area contributed by atoms with E-state index in [0.717, 1.165) is 43.2 Å². The largest absolute Gasteiger partial charge is 0.489 e. The minimum absolute atomic E-state index is 0.0575. The summed E-state index contributed by atoms with van der Waals surface area (Å²) in [6.45, 7) is 9.11. The number of ether oxygens (including phenoxy) is 1. The number of halogens is 3. The van der Waals surface area contributed by atoms with Crippen LogP contribution in [0, 0.1) is 29.1 Å². The molecule has 0 fully saturated rings. The molecule has 0 heterocycles. The summed E-state index contributed by atoms with van der Waals surface area (Å²) in [5.74, 6) is -0.978. The highest BCUT2D eigenvalue weighted by atomic mass is 127. The molecule has 0 aliphatic carbocycles. The number of nitrogens with one attached hydrogen (secondary N) is 2. The maximum absolute atomic E-state index is 14.0. The molecule has 5 nitrogen and oxygen atoms in total. The fourth-order valence-electron chi connectivity index (χ4n) is 5.81. The number of carbonyl (C=O) groups excluding carboxylic acids is 1. The molecule has 0 aliphatic rings. The molecule has 4 rings (SSSR count). The van der Waals surface area contributed by atoms with Crippen LogP contribution in [0.25, 0.3) is 0 Å². The number of hydrogen-bond acceptors (Lipinski definition) is 4. The first kappa shape index (κ1) is 34.5. The first-order valence-corrected chi connectivity index (χ1v) is 16.1. The molecule has 3 N–H and O–H groups in total. The van der Waals surface area contributed by atoms with E-state index in [0.29, 0.717) is 18.7 Å². The molecule has 238 valence electrons. The third-order valence-corrected chi connectivity index (χ3v) is 8.39. The Morgan fingerprint density at radius 3 is 2.29 bits per heavy atom. The number of aliphatic hydroxyl groups excluding tert-OH is 1. The molecule has 8 heteroatoms. The van der Waals surface area contributed by atoms with Crippen LogP contribution in [0.2, 0.25) is 0 Å². The highest BCUT2D eigenvalue weighted by molar-refractivity contribution is 14.1. The monoisotopic (exact) mass is 726 g/mol. The van der Waals surface area contributed by atoms with Gasteiger partial charge < -0.3 is 20.5 Å². The maximum Gasteiger partial charge on any atom is 0.221 e. The summed E-state index contributed by atoms with van der Waals surface area (Å²) in [6, 6.07) is 24.5. The SMILES string of the molecule is Cc1cc(C)c(C(C)(C)CC(=O)N[C@@H](Cc2cc(F)cc(F)c2)[C@H](O)CNCc2cccc(I)c2)c(OCc2ccccc2)c1. The summed E-state index contributed by atoms with van der Waals surface area (Å²) in [7, 11) is 0. The molecule has 0 bridgehead atoms. The summed E-state index contributed by atoms with van der Waals surface area (Å²) in [5.41, 5.74) is 4.83. The van der Waals surface area contributed by atoms with Gasteiger partial charge in [-0.3, -0.25) is 4.79 Å². The molecular formula is C37H41F2IN2O3. The Morgan fingerprint density at radius 2 is 1.60 bits per heavy atom. The predicted octanol–water partition coefficient (Wildman–Crippen LogP) is 7.31. The van der Waals surface area contributed by atoms with Gasteiger partial charge in [-0.25, -0.2) is 8.78 Å². The van der Waals surface area contributed by atoms with E-state index in [4.69, 9.17) is 4.74 Å². The molecule has 4 aromatic rings. The smallest absolute Gasteiger partial charge is 0.221 e. The second-order valence-electron chi connectivity index (χ2n) is 12.3. The van der Waals surface area contributed by atoms with E-state index in [9.17, 15) is 18.7 Å². The number of benzene rings is 4. The number of aryl methyl sites for hydroxylation is 2. The molecule has 1 amide bonds. The van der Waals surface area contributed by atoms with Crippen molar-refractivity contribution in [3.63, 3.8) is 0 Å². The second-order valence-corrected chi connectivity index (χ2v) is 13.5. The number of hydrogen-bond donors (Lipinski definition) is 3. The van der Waals surface area contributed by atoms with Crippen molar-refractivity contribution >= 4 is 28.5 Å². The number of aliphatic hydroxyl groups is 1. The van der Waals surface area contributed by atoms with E-state index in [1.54, 1.807) is 0 Å². The van der Waals surface area contributed by atoms with Gasteiger partial charge in [0.1, 0.15) is 24.0 Å². The second kappa shape index (κ2) is 15.8. The summed E-state index contributed by atoms with van der Waals surface area (Å²) >= 11 is 2.25. The van der Waals surface area contributed by atoms with Crippen LogP contribution in [0.1, 0.15) is 53.6 Å². The van der Waals surface area contributed by atoms with Gasteiger partial charge in [0, 0.05) is 40.1 Å². The summed E-state index contributed by atoms with van der Waals surface area (Å²) in [6.07, 6.45) is -0.853. The van der Waals surface area contributed by atoms with Crippen LogP contribution < -0.4 is 15.4 Å². The Labute approximate surface area is 278 Å². The minimum Gasteiger partial charge on any atom is -0.489 e. The van der Waals surface area contributed by atoms with Gasteiger partial charge in [-0.05, 0) is 101 Å². The molecule has 0 spiro atoms. The van der Waals surface area contributed by atoms with Crippen LogP contribution >= 0.6 is 22.6 Å². The highest BCUT2D eigenvalue weighted by Crippen LogP contribution is 2.38. The van der Waals surface area contributed by atoms with Crippen molar-refractivity contribution in [1.82, 2.24) is 10.6 Å². The topological polar surface area (TPSA) is 70.6 Å². The fourth-order valence-corrected chi connectivity index (χ4v) is 6.42. The summed E-state index contributed by atoms with van der Waals surface area (Å²) in [4.78, 5) is 13.6. The minimum atomic E-state index is -1.02. The zero-order valence-corrected chi connectivity index (χ0v) is 28.3. The molecule has 45 heavy (non-hydrogen) atoms. The van der Waals surface area contributed by atoms with E-state index in [1.807, 2.05) is 88.4 Å². The van der Waals surface area contributed by atoms with Gasteiger partial charge in [0.05, 0.1) is 12.1 Å². The molecule has 0 aliphatic heterocycles. The lowest BCUT2D eigenvalue weighted by atomic mass is 9.78. The van der Waals surface area contributed by atoms with E-state index < -0.39 is 29.2 Å². The van der Waals surface area contributed by atoms with Crippen LogP contribution in [-0.4, -0.2) is 29.7 Å². The van der Waals surface area contributed by atoms with Crippen LogP contribution in [-0.2, 0) is 29.8 Å². The summed E-state index contributed by atoms with van der Waals surface area (Å²) < 4.78 is 35.5. The van der Waals surface area contributed by atoms with Crippen molar-refractivity contribution in [3.05, 3.63) is 134 Å². The van der Waals surface area contributed by atoms with Crippen LogP contribution in [0.3, 0.4) is 0 Å². The lowest BCUT2D eigenvalue weighted by Crippen LogP contribution is -2.49.